The van der Waals surface area contributed by atoms with Crippen molar-refractivity contribution < 1.29 is 9.53 Å². The summed E-state index contributed by atoms with van der Waals surface area (Å²) in [4.78, 5) is 26.5. The smallest absolute Gasteiger partial charge is 0.220 e. The van der Waals surface area contributed by atoms with Crippen LogP contribution < -0.4 is 5.73 Å². The van der Waals surface area contributed by atoms with Gasteiger partial charge in [0.05, 0.1) is 37.1 Å². The summed E-state index contributed by atoms with van der Waals surface area (Å²) >= 11 is 1.51. The third-order valence-corrected chi connectivity index (χ3v) is 6.50. The molecule has 1 saturated heterocycles. The van der Waals surface area contributed by atoms with Gasteiger partial charge in [-0.3, -0.25) is 9.48 Å². The van der Waals surface area contributed by atoms with Gasteiger partial charge in [-0.1, -0.05) is 13.8 Å². The van der Waals surface area contributed by atoms with Gasteiger partial charge in [-0.25, -0.2) is 15.0 Å². The van der Waals surface area contributed by atoms with Gasteiger partial charge in [-0.2, -0.15) is 5.10 Å². The molecule has 9 heteroatoms. The molecule has 1 aliphatic carbocycles. The first-order chi connectivity index (χ1) is 13.8. The van der Waals surface area contributed by atoms with Crippen molar-refractivity contribution in [3.8, 4) is 11.4 Å². The van der Waals surface area contributed by atoms with Crippen molar-refractivity contribution in [2.45, 2.75) is 45.1 Å². The molecule has 0 saturated carbocycles. The zero-order valence-electron chi connectivity index (χ0n) is 16.6. The third kappa shape index (κ3) is 2.96. The molecule has 3 aromatic rings. The number of hydrogen-bond donors (Lipinski definition) is 1. The lowest BCUT2D eigenvalue weighted by Crippen LogP contribution is -2.33. The van der Waals surface area contributed by atoms with E-state index >= 15 is 0 Å². The van der Waals surface area contributed by atoms with Crippen molar-refractivity contribution >= 4 is 23.1 Å². The van der Waals surface area contributed by atoms with E-state index in [0.717, 1.165) is 39.6 Å². The second-order valence-corrected chi connectivity index (χ2v) is 9.30. The van der Waals surface area contributed by atoms with E-state index in [1.807, 2.05) is 17.0 Å². The molecule has 3 aromatic heterocycles. The number of ketones is 1. The highest BCUT2D eigenvalue weighted by Crippen LogP contribution is 2.45. The Morgan fingerprint density at radius 3 is 2.83 bits per heavy atom. The number of ether oxygens (including phenoxy) is 1. The minimum atomic E-state index is -0.283. The number of aromatic nitrogens is 5. The Labute approximate surface area is 172 Å². The Kier molecular flexibility index (Phi) is 4.08. The Morgan fingerprint density at radius 1 is 1.38 bits per heavy atom. The average Bonchev–Trinajstić information content (AvgIpc) is 3.19. The summed E-state index contributed by atoms with van der Waals surface area (Å²) < 4.78 is 7.32. The molecule has 4 heterocycles. The predicted molar refractivity (Wildman–Crippen MR) is 109 cm³/mol. The summed E-state index contributed by atoms with van der Waals surface area (Å²) in [5.74, 6) is 0.200. The van der Waals surface area contributed by atoms with Gasteiger partial charge < -0.3 is 10.5 Å². The van der Waals surface area contributed by atoms with E-state index in [1.54, 1.807) is 6.20 Å². The van der Waals surface area contributed by atoms with Gasteiger partial charge >= 0.3 is 0 Å². The number of thiazole rings is 1. The fourth-order valence-electron chi connectivity index (χ4n) is 4.15. The Hall–Kier alpha value is -2.65. The number of nitrogen functional groups attached to an aromatic ring is 1. The van der Waals surface area contributed by atoms with Gasteiger partial charge in [0.25, 0.3) is 0 Å². The lowest BCUT2D eigenvalue weighted by atomic mass is 9.72. The van der Waals surface area contributed by atoms with Crippen molar-refractivity contribution in [1.29, 1.82) is 0 Å². The minimum absolute atomic E-state index is 0.0202. The summed E-state index contributed by atoms with van der Waals surface area (Å²) in [6.07, 6.45) is 2.76. The SMILES string of the molecule is Cc1csc(CC(=O)c2nn(C3COC3)c3c2C(C)(C)Cc2cnc(N)nc2-3)n1. The molecule has 0 spiro atoms. The van der Waals surface area contributed by atoms with Crippen molar-refractivity contribution in [2.24, 2.45) is 0 Å². The van der Waals surface area contributed by atoms with Crippen molar-refractivity contribution in [1.82, 2.24) is 24.7 Å². The second kappa shape index (κ2) is 6.43. The normalized spacial score (nSPS) is 17.5. The topological polar surface area (TPSA) is 109 Å². The van der Waals surface area contributed by atoms with Crippen LogP contribution >= 0.6 is 11.3 Å². The van der Waals surface area contributed by atoms with Crippen LogP contribution in [0.3, 0.4) is 0 Å². The number of carbonyl (C=O) groups excluding carboxylic acids is 1. The first kappa shape index (κ1) is 18.4. The molecule has 0 bridgehead atoms. The predicted octanol–water partition coefficient (Wildman–Crippen LogP) is 2.52. The van der Waals surface area contributed by atoms with Gasteiger partial charge in [-0.15, -0.1) is 11.3 Å². The van der Waals surface area contributed by atoms with Crippen LogP contribution in [0.25, 0.3) is 11.4 Å². The van der Waals surface area contributed by atoms with Gasteiger partial charge in [0.1, 0.15) is 10.7 Å². The number of Topliss-reactive ketones (excluding diaryl/α,β-unsaturated/α-hetero) is 1. The van der Waals surface area contributed by atoms with Crippen molar-refractivity contribution in [3.63, 3.8) is 0 Å². The molecule has 0 amide bonds. The van der Waals surface area contributed by atoms with Crippen LogP contribution in [-0.4, -0.2) is 43.7 Å². The van der Waals surface area contributed by atoms with Crippen LogP contribution in [-0.2, 0) is 23.0 Å². The molecular formula is C20H22N6O2S. The quantitative estimate of drug-likeness (QED) is 0.658. The molecule has 8 nitrogen and oxygen atoms in total. The summed E-state index contributed by atoms with van der Waals surface area (Å²) in [6, 6.07) is 0.0883. The van der Waals surface area contributed by atoms with Gasteiger partial charge in [0.2, 0.25) is 5.95 Å². The first-order valence-electron chi connectivity index (χ1n) is 9.60. The molecule has 150 valence electrons. The minimum Gasteiger partial charge on any atom is -0.377 e. The van der Waals surface area contributed by atoms with E-state index in [-0.39, 0.29) is 29.6 Å². The summed E-state index contributed by atoms with van der Waals surface area (Å²) in [5.41, 5.74) is 10.7. The fraction of sp³-hybridized carbons (Fsp3) is 0.450. The number of rotatable bonds is 4. The number of hydrogen-bond acceptors (Lipinski definition) is 8. The lowest BCUT2D eigenvalue weighted by molar-refractivity contribution is -0.0280. The van der Waals surface area contributed by atoms with E-state index in [0.29, 0.717) is 18.9 Å². The number of anilines is 1. The van der Waals surface area contributed by atoms with Gasteiger partial charge in [-0.05, 0) is 24.3 Å². The fourth-order valence-corrected chi connectivity index (χ4v) is 4.92. The molecular weight excluding hydrogens is 388 g/mol. The molecule has 0 atom stereocenters. The molecule has 0 radical (unpaired) electrons. The van der Waals surface area contributed by atoms with Crippen LogP contribution in [0.1, 0.15) is 52.2 Å². The maximum Gasteiger partial charge on any atom is 0.220 e. The molecule has 0 unspecified atom stereocenters. The highest BCUT2D eigenvalue weighted by atomic mass is 32.1. The number of nitrogens with zero attached hydrogens (tertiary/aromatic N) is 5. The first-order valence-corrected chi connectivity index (χ1v) is 10.5. The zero-order valence-corrected chi connectivity index (χ0v) is 17.4. The molecule has 2 aliphatic rings. The number of nitrogens with two attached hydrogens (primary N) is 1. The highest BCUT2D eigenvalue weighted by Gasteiger charge is 2.42. The van der Waals surface area contributed by atoms with Crippen LogP contribution in [0, 0.1) is 6.92 Å². The monoisotopic (exact) mass is 410 g/mol. The number of aryl methyl sites for hydroxylation is 1. The summed E-state index contributed by atoms with van der Waals surface area (Å²) in [5, 5.41) is 7.57. The Morgan fingerprint density at radius 2 is 2.17 bits per heavy atom. The maximum atomic E-state index is 13.3. The van der Waals surface area contributed by atoms with E-state index in [1.165, 1.54) is 11.3 Å². The Bertz CT molecular complexity index is 1130. The molecule has 0 aromatic carbocycles. The maximum absolute atomic E-state index is 13.3. The molecule has 1 fully saturated rings. The average molecular weight is 411 g/mol. The largest absolute Gasteiger partial charge is 0.377 e. The standard InChI is InChI=1S/C20H22N6O2S/c1-10-9-29-14(23-10)4-13(27)17-15-18(26(25-17)12-7-28-8-12)16-11(5-20(15,2)3)6-22-19(21)24-16/h6,9,12H,4-5,7-8H2,1-3H3,(H2,21,22,24). The van der Waals surface area contributed by atoms with Crippen molar-refractivity contribution in [2.75, 3.05) is 18.9 Å². The molecule has 29 heavy (non-hydrogen) atoms. The highest BCUT2D eigenvalue weighted by molar-refractivity contribution is 7.09. The molecule has 5 rings (SSSR count). The lowest BCUT2D eigenvalue weighted by Gasteiger charge is -2.34. The zero-order chi connectivity index (χ0) is 20.3. The van der Waals surface area contributed by atoms with Gasteiger partial charge in [0.15, 0.2) is 5.78 Å². The van der Waals surface area contributed by atoms with E-state index in [9.17, 15) is 4.79 Å². The van der Waals surface area contributed by atoms with Crippen LogP contribution in [0.5, 0.6) is 0 Å². The molecule has 1 aliphatic heterocycles. The van der Waals surface area contributed by atoms with Crippen LogP contribution in [0.15, 0.2) is 11.6 Å². The van der Waals surface area contributed by atoms with E-state index < -0.39 is 0 Å². The van der Waals surface area contributed by atoms with Crippen LogP contribution in [0.4, 0.5) is 5.95 Å². The molecule has 2 N–H and O–H groups in total. The summed E-state index contributed by atoms with van der Waals surface area (Å²) in [7, 11) is 0. The second-order valence-electron chi connectivity index (χ2n) is 8.35. The third-order valence-electron chi connectivity index (χ3n) is 5.54. The Balaban J connectivity index is 1.69. The van der Waals surface area contributed by atoms with Gasteiger partial charge in [0, 0.05) is 22.8 Å². The summed E-state index contributed by atoms with van der Waals surface area (Å²) in [6.45, 7) is 7.35. The van der Waals surface area contributed by atoms with E-state index in [4.69, 9.17) is 15.6 Å². The van der Waals surface area contributed by atoms with E-state index in [2.05, 4.69) is 28.8 Å². The van der Waals surface area contributed by atoms with Crippen molar-refractivity contribution in [3.05, 3.63) is 39.1 Å². The van der Waals surface area contributed by atoms with Crippen LogP contribution in [0.2, 0.25) is 0 Å². The number of fused-ring (bicyclic) bond motifs is 3. The number of carbonyl (C=O) groups is 1.